The van der Waals surface area contributed by atoms with E-state index in [4.69, 9.17) is 10.5 Å². The molecule has 120 valence electrons. The van der Waals surface area contributed by atoms with E-state index in [1.807, 2.05) is 18.2 Å². The second-order valence-electron chi connectivity index (χ2n) is 5.97. The summed E-state index contributed by atoms with van der Waals surface area (Å²) in [5.74, 6) is -0.894. The molecule has 2 aromatic rings. The number of amides is 2. The fraction of sp³-hybridized carbons (Fsp3) is 0.312. The van der Waals surface area contributed by atoms with Gasteiger partial charge in [0.1, 0.15) is 5.54 Å². The van der Waals surface area contributed by atoms with Gasteiger partial charge in [0.15, 0.2) is 5.82 Å². The van der Waals surface area contributed by atoms with Crippen molar-refractivity contribution in [1.82, 2.24) is 9.55 Å². The Bertz CT molecular complexity index is 779. The Balaban J connectivity index is 1.84. The van der Waals surface area contributed by atoms with Crippen LogP contribution in [0.1, 0.15) is 35.6 Å². The highest BCUT2D eigenvalue weighted by Gasteiger charge is 2.33. The van der Waals surface area contributed by atoms with Gasteiger partial charge in [-0.2, -0.15) is 0 Å². The summed E-state index contributed by atoms with van der Waals surface area (Å²) in [7, 11) is 0. The maximum absolute atomic E-state index is 12.7. The summed E-state index contributed by atoms with van der Waals surface area (Å²) >= 11 is 0. The molecule has 0 bridgehead atoms. The molecule has 7 heteroatoms. The van der Waals surface area contributed by atoms with Gasteiger partial charge in [-0.05, 0) is 37.1 Å². The molecule has 0 saturated carbocycles. The van der Waals surface area contributed by atoms with Crippen LogP contribution >= 0.6 is 0 Å². The van der Waals surface area contributed by atoms with Gasteiger partial charge >= 0.3 is 0 Å². The number of aromatic nitrogens is 2. The molecule has 0 aliphatic carbocycles. The van der Waals surface area contributed by atoms with Gasteiger partial charge in [-0.3, -0.25) is 9.59 Å². The first-order valence-electron chi connectivity index (χ1n) is 7.24. The largest absolute Gasteiger partial charge is 0.372 e. The summed E-state index contributed by atoms with van der Waals surface area (Å²) in [6.07, 6.45) is 3.01. The molecule has 2 heterocycles. The second kappa shape index (κ2) is 5.51. The van der Waals surface area contributed by atoms with Crippen LogP contribution in [-0.4, -0.2) is 21.4 Å². The van der Waals surface area contributed by atoms with E-state index < -0.39 is 11.4 Å². The Morgan fingerprint density at radius 3 is 2.78 bits per heavy atom. The van der Waals surface area contributed by atoms with Crippen LogP contribution in [0.4, 0.5) is 5.69 Å². The smallest absolute Gasteiger partial charge is 0.284 e. The fourth-order valence-corrected chi connectivity index (χ4v) is 2.58. The van der Waals surface area contributed by atoms with Crippen molar-refractivity contribution in [1.29, 1.82) is 0 Å². The van der Waals surface area contributed by atoms with Gasteiger partial charge in [0.2, 0.25) is 5.91 Å². The third-order valence-electron chi connectivity index (χ3n) is 4.00. The van der Waals surface area contributed by atoms with E-state index in [1.165, 1.54) is 10.8 Å². The first-order chi connectivity index (χ1) is 10.9. The van der Waals surface area contributed by atoms with Crippen molar-refractivity contribution >= 4 is 17.5 Å². The lowest BCUT2D eigenvalue weighted by molar-refractivity contribution is -0.123. The maximum Gasteiger partial charge on any atom is 0.284 e. The predicted molar refractivity (Wildman–Crippen MR) is 83.6 cm³/mol. The number of imidazole rings is 1. The van der Waals surface area contributed by atoms with Crippen LogP contribution in [0.15, 0.2) is 30.6 Å². The lowest BCUT2D eigenvalue weighted by Gasteiger charge is -2.26. The number of fused-ring (bicyclic) bond motifs is 1. The molecule has 0 unspecified atom stereocenters. The Morgan fingerprint density at radius 1 is 1.30 bits per heavy atom. The highest BCUT2D eigenvalue weighted by Crippen LogP contribution is 2.25. The van der Waals surface area contributed by atoms with Crippen LogP contribution < -0.4 is 11.1 Å². The van der Waals surface area contributed by atoms with Crippen molar-refractivity contribution in [2.24, 2.45) is 5.73 Å². The SMILES string of the molecule is CC(C)(C(=O)Nc1ccc2c(c1)COC2)n1ccnc1C(N)=O. The molecule has 3 rings (SSSR count). The summed E-state index contributed by atoms with van der Waals surface area (Å²) < 4.78 is 6.84. The van der Waals surface area contributed by atoms with Gasteiger partial charge in [-0.25, -0.2) is 4.98 Å². The average Bonchev–Trinajstić information content (AvgIpc) is 3.15. The zero-order valence-corrected chi connectivity index (χ0v) is 13.0. The molecule has 1 aromatic carbocycles. The van der Waals surface area contributed by atoms with E-state index in [0.717, 1.165) is 11.1 Å². The lowest BCUT2D eigenvalue weighted by atomic mass is 10.0. The minimum Gasteiger partial charge on any atom is -0.372 e. The maximum atomic E-state index is 12.7. The standard InChI is InChI=1S/C16H18N4O3/c1-16(2,20-6-5-18-14(20)13(17)21)15(22)19-12-4-3-10-8-23-9-11(10)7-12/h3-7H,8-9H2,1-2H3,(H2,17,21)(H,19,22). The van der Waals surface area contributed by atoms with E-state index in [2.05, 4.69) is 10.3 Å². The van der Waals surface area contributed by atoms with Crippen molar-refractivity contribution in [3.05, 3.63) is 47.5 Å². The van der Waals surface area contributed by atoms with Crippen molar-refractivity contribution in [3.8, 4) is 0 Å². The van der Waals surface area contributed by atoms with Crippen molar-refractivity contribution in [2.75, 3.05) is 5.32 Å². The van der Waals surface area contributed by atoms with Crippen LogP contribution in [0.25, 0.3) is 0 Å². The lowest BCUT2D eigenvalue weighted by Crippen LogP contribution is -2.42. The van der Waals surface area contributed by atoms with Crippen LogP contribution in [0.5, 0.6) is 0 Å². The van der Waals surface area contributed by atoms with Gasteiger partial charge in [-0.15, -0.1) is 0 Å². The van der Waals surface area contributed by atoms with Gasteiger partial charge in [0.05, 0.1) is 13.2 Å². The Kier molecular flexibility index (Phi) is 3.65. The molecular formula is C16H18N4O3. The van der Waals surface area contributed by atoms with Gasteiger partial charge < -0.3 is 20.4 Å². The quantitative estimate of drug-likeness (QED) is 0.890. The number of hydrogen-bond acceptors (Lipinski definition) is 4. The number of primary amides is 1. The van der Waals surface area contributed by atoms with Crippen LogP contribution in [0.2, 0.25) is 0 Å². The van der Waals surface area contributed by atoms with Crippen LogP contribution in [0, 0.1) is 0 Å². The van der Waals surface area contributed by atoms with Gasteiger partial charge in [0, 0.05) is 18.1 Å². The first kappa shape index (κ1) is 15.2. The topological polar surface area (TPSA) is 99.2 Å². The molecule has 3 N–H and O–H groups in total. The molecule has 1 aromatic heterocycles. The number of anilines is 1. The number of nitrogens with two attached hydrogens (primary N) is 1. The normalized spacial score (nSPS) is 13.7. The molecule has 0 fully saturated rings. The Hall–Kier alpha value is -2.67. The summed E-state index contributed by atoms with van der Waals surface area (Å²) in [5, 5.41) is 2.87. The third kappa shape index (κ3) is 2.70. The molecule has 2 amide bonds. The molecule has 1 aliphatic heterocycles. The molecular weight excluding hydrogens is 296 g/mol. The number of ether oxygens (including phenoxy) is 1. The van der Waals surface area contributed by atoms with Gasteiger partial charge in [-0.1, -0.05) is 6.07 Å². The van der Waals surface area contributed by atoms with Crippen molar-refractivity contribution in [3.63, 3.8) is 0 Å². The van der Waals surface area contributed by atoms with E-state index in [9.17, 15) is 9.59 Å². The molecule has 0 radical (unpaired) electrons. The molecule has 0 saturated heterocycles. The fourth-order valence-electron chi connectivity index (χ4n) is 2.58. The Morgan fingerprint density at radius 2 is 2.04 bits per heavy atom. The zero-order valence-electron chi connectivity index (χ0n) is 13.0. The van der Waals surface area contributed by atoms with Gasteiger partial charge in [0.25, 0.3) is 5.91 Å². The Labute approximate surface area is 133 Å². The number of benzene rings is 1. The van der Waals surface area contributed by atoms with Crippen LogP contribution in [0.3, 0.4) is 0 Å². The molecule has 7 nitrogen and oxygen atoms in total. The minimum absolute atomic E-state index is 0.0486. The average molecular weight is 314 g/mol. The van der Waals surface area contributed by atoms with Crippen LogP contribution in [-0.2, 0) is 28.3 Å². The minimum atomic E-state index is -1.02. The van der Waals surface area contributed by atoms with E-state index in [0.29, 0.717) is 18.9 Å². The summed E-state index contributed by atoms with van der Waals surface area (Å²) in [4.78, 5) is 28.0. The summed E-state index contributed by atoms with van der Waals surface area (Å²) in [5.41, 5.74) is 7.18. The zero-order chi connectivity index (χ0) is 16.6. The third-order valence-corrected chi connectivity index (χ3v) is 4.00. The number of nitrogens with zero attached hydrogens (tertiary/aromatic N) is 2. The number of carbonyl (C=O) groups excluding carboxylic acids is 2. The predicted octanol–water partition coefficient (Wildman–Crippen LogP) is 1.39. The number of hydrogen-bond donors (Lipinski definition) is 2. The number of nitrogens with one attached hydrogen (secondary N) is 1. The molecule has 0 spiro atoms. The highest BCUT2D eigenvalue weighted by molar-refractivity contribution is 5.97. The molecule has 23 heavy (non-hydrogen) atoms. The van der Waals surface area contributed by atoms with E-state index in [1.54, 1.807) is 20.0 Å². The molecule has 0 atom stereocenters. The summed E-state index contributed by atoms with van der Waals surface area (Å²) in [6, 6.07) is 5.68. The number of carbonyl (C=O) groups is 2. The first-order valence-corrected chi connectivity index (χ1v) is 7.24. The number of rotatable bonds is 4. The van der Waals surface area contributed by atoms with E-state index in [-0.39, 0.29) is 11.7 Å². The van der Waals surface area contributed by atoms with E-state index >= 15 is 0 Å². The van der Waals surface area contributed by atoms with Crippen molar-refractivity contribution < 1.29 is 14.3 Å². The highest BCUT2D eigenvalue weighted by atomic mass is 16.5. The summed E-state index contributed by atoms with van der Waals surface area (Å²) in [6.45, 7) is 4.56. The second-order valence-corrected chi connectivity index (χ2v) is 5.97. The molecule has 1 aliphatic rings. The monoisotopic (exact) mass is 314 g/mol. The van der Waals surface area contributed by atoms with Crippen molar-refractivity contribution in [2.45, 2.75) is 32.6 Å².